The van der Waals surface area contributed by atoms with E-state index in [4.69, 9.17) is 22.1 Å². The molecule has 0 radical (unpaired) electrons. The van der Waals surface area contributed by atoms with Gasteiger partial charge in [-0.1, -0.05) is 13.2 Å². The van der Waals surface area contributed by atoms with Crippen molar-refractivity contribution in [1.82, 2.24) is 0 Å². The van der Waals surface area contributed by atoms with Crippen LogP contribution in [0.25, 0.3) is 0 Å². The van der Waals surface area contributed by atoms with E-state index in [0.717, 1.165) is 5.20 Å². The summed E-state index contributed by atoms with van der Waals surface area (Å²) in [5.74, 6) is 0. The van der Waals surface area contributed by atoms with Gasteiger partial charge in [-0.25, -0.2) is 0 Å². The second-order valence-electron chi connectivity index (χ2n) is 3.76. The Kier molecular flexibility index (Phi) is 15.1. The predicted octanol–water partition coefficient (Wildman–Crippen LogP) is 2.38. The number of rotatable bonds is 10. The molecule has 0 atom stereocenters. The molecule has 0 aromatic rings. The topological polar surface area (TPSA) is 46.2 Å². The van der Waals surface area contributed by atoms with E-state index in [1.165, 1.54) is 0 Å². The third kappa shape index (κ3) is 9.59. The Morgan fingerprint density at radius 3 is 1.45 bits per heavy atom. The highest BCUT2D eigenvalue weighted by molar-refractivity contribution is 6.66. The first kappa shape index (κ1) is 22.0. The normalized spacial score (nSPS) is 10.9. The molecule has 0 amide bonds. The molecule has 5 nitrogen and oxygen atoms in total. The summed E-state index contributed by atoms with van der Waals surface area (Å²) in [6, 6.07) is 0. The van der Waals surface area contributed by atoms with Crippen LogP contribution in [0, 0.1) is 0 Å². The molecule has 0 spiro atoms. The Morgan fingerprint density at radius 1 is 1.00 bits per heavy atom. The lowest BCUT2D eigenvalue weighted by Crippen LogP contribution is -2.44. The van der Waals surface area contributed by atoms with Crippen molar-refractivity contribution >= 4 is 18.1 Å². The molecule has 0 aromatic heterocycles. The molecule has 0 aliphatic carbocycles. The molecule has 0 saturated carbocycles. The highest BCUT2D eigenvalue weighted by atomic mass is 28.4. The van der Waals surface area contributed by atoms with Gasteiger partial charge in [-0.3, -0.25) is 0 Å². The Bertz CT molecular complexity index is 240. The van der Waals surface area contributed by atoms with Gasteiger partial charge in [0.25, 0.3) is 0 Å². The quantitative estimate of drug-likeness (QED) is 0.578. The average Bonchev–Trinajstić information content (AvgIpc) is 2.41. The lowest BCUT2D eigenvalue weighted by Gasteiger charge is -2.24. The van der Waals surface area contributed by atoms with Crippen molar-refractivity contribution in [2.45, 2.75) is 27.7 Å². The zero-order valence-corrected chi connectivity index (χ0v) is 15.9. The van der Waals surface area contributed by atoms with Crippen LogP contribution in [0.1, 0.15) is 27.7 Å². The summed E-state index contributed by atoms with van der Waals surface area (Å²) >= 11 is 0. The fraction of sp³-hybridized carbons (Fsp3) is 0.692. The molecule has 7 heteroatoms. The molecule has 0 rings (SSSR count). The van der Waals surface area contributed by atoms with Crippen LogP contribution >= 0.6 is 0 Å². The van der Waals surface area contributed by atoms with Gasteiger partial charge in [-0.2, -0.15) is 0 Å². The third-order valence-electron chi connectivity index (χ3n) is 2.12. The van der Waals surface area contributed by atoms with Gasteiger partial charge < -0.3 is 22.1 Å². The van der Waals surface area contributed by atoms with E-state index in [9.17, 15) is 0 Å². The van der Waals surface area contributed by atoms with Crippen molar-refractivity contribution in [2.24, 2.45) is 0 Å². The van der Waals surface area contributed by atoms with E-state index in [1.807, 2.05) is 27.7 Å². The van der Waals surface area contributed by atoms with Gasteiger partial charge in [0.2, 0.25) is 0 Å². The number of allylic oxidation sites excluding steroid dienone is 1. The Morgan fingerprint density at radius 2 is 1.35 bits per heavy atom. The third-order valence-corrected chi connectivity index (χ3v) is 6.35. The first-order chi connectivity index (χ1) is 9.46. The largest absolute Gasteiger partial charge is 0.528 e. The molecule has 0 bridgehead atoms. The smallest absolute Gasteiger partial charge is 0.397 e. The van der Waals surface area contributed by atoms with E-state index in [1.54, 1.807) is 19.9 Å². The van der Waals surface area contributed by atoms with Crippen molar-refractivity contribution < 1.29 is 22.1 Å². The summed E-state index contributed by atoms with van der Waals surface area (Å²) in [5.41, 5.74) is 1.67. The standard InChI is InChI=1S/C8H18O3Si.C5H12O2Si/c1-5-9-12(8-4,10-6-2)11-7-3;1-5(2)8(6-3)7-4/h8H,4-7H2,1-3H3;8H,1H2,2-4H3. The summed E-state index contributed by atoms with van der Waals surface area (Å²) in [5, 5.41) is 1.02. The van der Waals surface area contributed by atoms with Crippen LogP contribution in [0.3, 0.4) is 0 Å². The van der Waals surface area contributed by atoms with Crippen molar-refractivity contribution in [2.75, 3.05) is 34.0 Å². The Hall–Kier alpha value is -0.286. The van der Waals surface area contributed by atoms with Crippen LogP contribution in [-0.4, -0.2) is 52.1 Å². The minimum absolute atomic E-state index is 0.595. The van der Waals surface area contributed by atoms with Crippen LogP contribution in [-0.2, 0) is 22.1 Å². The molecule has 0 unspecified atom stereocenters. The summed E-state index contributed by atoms with van der Waals surface area (Å²) < 4.78 is 26.3. The maximum atomic E-state index is 5.44. The summed E-state index contributed by atoms with van der Waals surface area (Å²) in [6.45, 7) is 16.9. The Labute approximate surface area is 126 Å². The van der Waals surface area contributed by atoms with Gasteiger partial charge in [-0.15, -0.1) is 0 Å². The monoisotopic (exact) mass is 322 g/mol. The molecule has 0 fully saturated rings. The van der Waals surface area contributed by atoms with Gasteiger partial charge in [0.05, 0.1) is 0 Å². The van der Waals surface area contributed by atoms with Gasteiger partial charge in [-0.05, 0) is 38.6 Å². The van der Waals surface area contributed by atoms with Gasteiger partial charge in [0.15, 0.2) is 0 Å². The SMILES string of the molecule is C=C(C)[SiH](OC)OC.C=C[Si](OCC)(OCC)OCC. The van der Waals surface area contributed by atoms with Crippen molar-refractivity contribution in [3.05, 3.63) is 24.1 Å². The van der Waals surface area contributed by atoms with E-state index >= 15 is 0 Å². The van der Waals surface area contributed by atoms with Crippen LogP contribution in [0.2, 0.25) is 0 Å². The lowest BCUT2D eigenvalue weighted by molar-refractivity contribution is 0.0844. The van der Waals surface area contributed by atoms with Crippen LogP contribution < -0.4 is 0 Å². The van der Waals surface area contributed by atoms with Crippen molar-refractivity contribution in [3.8, 4) is 0 Å². The zero-order valence-electron chi connectivity index (χ0n) is 13.7. The molecule has 0 N–H and O–H groups in total. The van der Waals surface area contributed by atoms with Crippen LogP contribution in [0.15, 0.2) is 24.1 Å². The fourth-order valence-corrected chi connectivity index (χ4v) is 4.21. The molecule has 0 aliphatic rings. The lowest BCUT2D eigenvalue weighted by atomic mass is 10.8. The zero-order chi connectivity index (χ0) is 16.0. The van der Waals surface area contributed by atoms with E-state index < -0.39 is 18.1 Å². The molecule has 0 heterocycles. The molecule has 0 aromatic carbocycles. The first-order valence-corrected chi connectivity index (χ1v) is 10.0. The van der Waals surface area contributed by atoms with Gasteiger partial charge >= 0.3 is 18.1 Å². The maximum absolute atomic E-state index is 5.44. The summed E-state index contributed by atoms with van der Waals surface area (Å²) in [4.78, 5) is 0. The molecule has 0 saturated heterocycles. The van der Waals surface area contributed by atoms with Crippen LogP contribution in [0.5, 0.6) is 0 Å². The number of hydrogen-bond acceptors (Lipinski definition) is 5. The summed E-state index contributed by atoms with van der Waals surface area (Å²) in [6.07, 6.45) is 0. The highest BCUT2D eigenvalue weighted by Gasteiger charge is 2.36. The maximum Gasteiger partial charge on any atom is 0.528 e. The van der Waals surface area contributed by atoms with Crippen molar-refractivity contribution in [1.29, 1.82) is 0 Å². The summed E-state index contributed by atoms with van der Waals surface area (Å²) in [7, 11) is -0.670. The Balaban J connectivity index is 0. The minimum atomic E-state index is -2.51. The van der Waals surface area contributed by atoms with E-state index in [-0.39, 0.29) is 0 Å². The molecule has 20 heavy (non-hydrogen) atoms. The fourth-order valence-electron chi connectivity index (χ4n) is 1.40. The van der Waals surface area contributed by atoms with E-state index in [2.05, 4.69) is 13.2 Å². The minimum Gasteiger partial charge on any atom is -0.397 e. The average molecular weight is 323 g/mol. The number of hydrogen-bond donors (Lipinski definition) is 0. The van der Waals surface area contributed by atoms with Crippen molar-refractivity contribution in [3.63, 3.8) is 0 Å². The van der Waals surface area contributed by atoms with E-state index in [0.29, 0.717) is 19.8 Å². The molecular weight excluding hydrogens is 292 g/mol. The molecule has 120 valence electrons. The first-order valence-electron chi connectivity index (χ1n) is 6.73. The van der Waals surface area contributed by atoms with Crippen LogP contribution in [0.4, 0.5) is 0 Å². The molecular formula is C13H30O5Si2. The second-order valence-corrected chi connectivity index (χ2v) is 8.83. The highest BCUT2D eigenvalue weighted by Crippen LogP contribution is 2.10. The van der Waals surface area contributed by atoms with Gasteiger partial charge in [0, 0.05) is 34.0 Å². The predicted molar refractivity (Wildman–Crippen MR) is 86.8 cm³/mol. The molecule has 0 aliphatic heterocycles. The second kappa shape index (κ2) is 13.7. The van der Waals surface area contributed by atoms with Gasteiger partial charge in [0.1, 0.15) is 0 Å².